The second kappa shape index (κ2) is 12.0. The Hall–Kier alpha value is -4.20. The molecule has 252 valence electrons. The van der Waals surface area contributed by atoms with Gasteiger partial charge in [-0.05, 0) is 42.7 Å². The Morgan fingerprint density at radius 3 is 2.42 bits per heavy atom. The molecular weight excluding hydrogens is 663 g/mol. The third-order valence-electron chi connectivity index (χ3n) is 9.47. The van der Waals surface area contributed by atoms with Crippen LogP contribution in [0.3, 0.4) is 0 Å². The third-order valence-corrected chi connectivity index (χ3v) is 12.3. The van der Waals surface area contributed by atoms with Gasteiger partial charge in [-0.3, -0.25) is 14.7 Å². The van der Waals surface area contributed by atoms with E-state index in [2.05, 4.69) is 30.1 Å². The summed E-state index contributed by atoms with van der Waals surface area (Å²) < 4.78 is 62.9. The molecule has 3 fully saturated rings. The maximum atomic E-state index is 14.7. The first kappa shape index (κ1) is 32.4. The molecule has 2 atom stereocenters. The Kier molecular flexibility index (Phi) is 8.12. The van der Waals surface area contributed by atoms with E-state index < -0.39 is 27.1 Å². The Morgan fingerprint density at radius 1 is 1.17 bits per heavy atom. The van der Waals surface area contributed by atoms with E-state index in [9.17, 15) is 22.0 Å². The van der Waals surface area contributed by atoms with Gasteiger partial charge in [-0.2, -0.15) is 5.10 Å². The Morgan fingerprint density at radius 2 is 1.85 bits per heavy atom. The van der Waals surface area contributed by atoms with Crippen LogP contribution in [0.1, 0.15) is 56.5 Å². The number of carbonyl (C=O) groups is 1. The highest BCUT2D eigenvalue weighted by Crippen LogP contribution is 2.48. The minimum Gasteiger partial charge on any atom is -0.497 e. The highest BCUT2D eigenvalue weighted by atomic mass is 32.2. The normalized spacial score (nSPS) is 20.2. The average Bonchev–Trinajstić information content (AvgIpc) is 3.35. The van der Waals surface area contributed by atoms with Gasteiger partial charge in [-0.25, -0.2) is 23.8 Å². The number of hydrogen-bond donors (Lipinski definition) is 1. The standard InChI is InChI=1S/C32H34F2N8O4S2/c1-18(2)31(43)42-20-7-8-21(42)17-40(16-20)25-14-23(13-24-26(25)36-37-27(24)29-38-39-30(47-29)28(33)34)48(44,45)41(32(35-3)11-12-32)15-19-5-9-22(46-4)10-6-19/h5-6,9-10,13-14,18,20-21,28H,7-8,11-12,15-17H2,1-2,4H3,(H,36,37). The number of nitrogens with one attached hydrogen (secondary N) is 1. The number of nitrogens with zero attached hydrogens (tertiary/aromatic N) is 7. The number of rotatable bonds is 10. The molecule has 4 heterocycles. The second-order valence-electron chi connectivity index (χ2n) is 12.8. The van der Waals surface area contributed by atoms with Crippen LogP contribution in [0.15, 0.2) is 41.3 Å². The largest absolute Gasteiger partial charge is 0.497 e. The lowest BCUT2D eigenvalue weighted by Crippen LogP contribution is -2.56. The topological polar surface area (TPSA) is 129 Å². The lowest BCUT2D eigenvalue weighted by molar-refractivity contribution is -0.137. The average molecular weight is 697 g/mol. The number of amides is 1. The molecular formula is C32H34F2N8O4S2. The zero-order valence-electron chi connectivity index (χ0n) is 26.6. The van der Waals surface area contributed by atoms with Gasteiger partial charge >= 0.3 is 5.66 Å². The summed E-state index contributed by atoms with van der Waals surface area (Å²) in [4.78, 5) is 20.9. The van der Waals surface area contributed by atoms with E-state index in [1.54, 1.807) is 37.4 Å². The van der Waals surface area contributed by atoms with Crippen molar-refractivity contribution in [1.82, 2.24) is 29.6 Å². The van der Waals surface area contributed by atoms with Gasteiger partial charge in [-0.15, -0.1) is 14.5 Å². The number of fused-ring (bicyclic) bond motifs is 3. The van der Waals surface area contributed by atoms with Crippen LogP contribution in [0, 0.1) is 12.5 Å². The summed E-state index contributed by atoms with van der Waals surface area (Å²) in [6.45, 7) is 12.7. The van der Waals surface area contributed by atoms with Crippen molar-refractivity contribution in [3.8, 4) is 16.5 Å². The first-order valence-corrected chi connectivity index (χ1v) is 18.0. The number of aromatic amines is 1. The van der Waals surface area contributed by atoms with Crippen LogP contribution in [-0.2, 0) is 21.4 Å². The molecule has 2 unspecified atom stereocenters. The summed E-state index contributed by atoms with van der Waals surface area (Å²) >= 11 is 0.703. The maximum Gasteiger partial charge on any atom is 0.302 e. The van der Waals surface area contributed by atoms with E-state index >= 15 is 0 Å². The molecule has 2 bridgehead atoms. The van der Waals surface area contributed by atoms with Gasteiger partial charge in [0.25, 0.3) is 6.43 Å². The quantitative estimate of drug-likeness (QED) is 0.217. The van der Waals surface area contributed by atoms with Crippen molar-refractivity contribution in [3.05, 3.63) is 58.4 Å². The molecule has 0 radical (unpaired) electrons. The van der Waals surface area contributed by atoms with Crippen LogP contribution < -0.4 is 9.64 Å². The number of halogens is 2. The lowest BCUT2D eigenvalue weighted by Gasteiger charge is -2.43. The number of carbonyl (C=O) groups excluding carboxylic acids is 1. The molecule has 12 nitrogen and oxygen atoms in total. The molecule has 1 amide bonds. The lowest BCUT2D eigenvalue weighted by atomic mass is 10.1. The summed E-state index contributed by atoms with van der Waals surface area (Å²) in [6, 6.07) is 10.0. The number of piperazine rings is 1. The van der Waals surface area contributed by atoms with E-state index in [1.807, 2.05) is 18.7 Å². The van der Waals surface area contributed by atoms with Crippen molar-refractivity contribution in [2.45, 2.75) is 75.1 Å². The summed E-state index contributed by atoms with van der Waals surface area (Å²) in [7, 11) is -2.76. The third kappa shape index (κ3) is 5.47. The molecule has 2 aliphatic heterocycles. The molecule has 16 heteroatoms. The van der Waals surface area contributed by atoms with Crippen molar-refractivity contribution in [2.75, 3.05) is 25.1 Å². The summed E-state index contributed by atoms with van der Waals surface area (Å²) in [5, 5.41) is 15.1. The first-order chi connectivity index (χ1) is 23.0. The molecule has 2 aromatic heterocycles. The minimum absolute atomic E-state index is 0.0331. The van der Waals surface area contributed by atoms with Gasteiger partial charge in [0.2, 0.25) is 15.9 Å². The van der Waals surface area contributed by atoms with Crippen LogP contribution in [0.2, 0.25) is 0 Å². The van der Waals surface area contributed by atoms with E-state index in [0.717, 1.165) is 12.8 Å². The molecule has 1 saturated carbocycles. The smallest absolute Gasteiger partial charge is 0.302 e. The van der Waals surface area contributed by atoms with Crippen LogP contribution >= 0.6 is 11.3 Å². The number of alkyl halides is 2. The molecule has 7 rings (SSSR count). The Balaban J connectivity index is 1.35. The molecule has 3 aliphatic rings. The van der Waals surface area contributed by atoms with E-state index in [4.69, 9.17) is 11.3 Å². The van der Waals surface area contributed by atoms with Gasteiger partial charge < -0.3 is 14.5 Å². The number of sulfonamides is 1. The summed E-state index contributed by atoms with van der Waals surface area (Å²) in [5.41, 5.74) is 0.736. The Bertz CT molecular complexity index is 2010. The molecule has 2 saturated heterocycles. The number of H-pyrrole nitrogens is 1. The van der Waals surface area contributed by atoms with Crippen LogP contribution in [0.4, 0.5) is 14.5 Å². The Labute approximate surface area is 280 Å². The zero-order chi connectivity index (χ0) is 34.0. The zero-order valence-corrected chi connectivity index (χ0v) is 28.2. The number of ether oxygens (including phenoxy) is 1. The predicted octanol–water partition coefficient (Wildman–Crippen LogP) is 5.46. The van der Waals surface area contributed by atoms with Crippen molar-refractivity contribution < 1.29 is 26.7 Å². The van der Waals surface area contributed by atoms with E-state index in [1.165, 1.54) is 10.4 Å². The molecule has 0 spiro atoms. The fraction of sp³-hybridized carbons (Fsp3) is 0.469. The summed E-state index contributed by atoms with van der Waals surface area (Å²) in [5.74, 6) is 0.574. The first-order valence-electron chi connectivity index (χ1n) is 15.7. The van der Waals surface area contributed by atoms with Crippen molar-refractivity contribution >= 4 is 43.9 Å². The highest BCUT2D eigenvalue weighted by Gasteiger charge is 2.61. The van der Waals surface area contributed by atoms with Crippen molar-refractivity contribution in [1.29, 1.82) is 0 Å². The molecule has 4 aromatic rings. The van der Waals surface area contributed by atoms with E-state index in [-0.39, 0.29) is 46.1 Å². The number of hydrogen-bond acceptors (Lipinski definition) is 9. The molecule has 1 N–H and O–H groups in total. The minimum atomic E-state index is -4.30. The van der Waals surface area contributed by atoms with Gasteiger partial charge in [0.15, 0.2) is 10.0 Å². The molecule has 2 aromatic carbocycles. The fourth-order valence-electron chi connectivity index (χ4n) is 6.82. The van der Waals surface area contributed by atoms with Crippen molar-refractivity contribution in [3.63, 3.8) is 0 Å². The van der Waals surface area contributed by atoms with Gasteiger partial charge in [0.05, 0.1) is 30.5 Å². The SMILES string of the molecule is [C-]#[N+]C1(N(Cc2ccc(OC)cc2)S(=O)(=O)c2cc(N3CC4CCC(C3)N4C(=O)C(C)C)c3n[nH]c(-c4nnc(C(F)F)s4)c3c2)CC1. The predicted molar refractivity (Wildman–Crippen MR) is 175 cm³/mol. The number of aromatic nitrogens is 4. The maximum absolute atomic E-state index is 14.7. The molecule has 1 aliphatic carbocycles. The number of methoxy groups -OCH3 is 1. The van der Waals surface area contributed by atoms with Gasteiger partial charge in [0, 0.05) is 43.0 Å². The van der Waals surface area contributed by atoms with E-state index in [0.29, 0.717) is 65.2 Å². The summed E-state index contributed by atoms with van der Waals surface area (Å²) in [6.07, 6.45) is -0.358. The second-order valence-corrected chi connectivity index (χ2v) is 15.7. The van der Waals surface area contributed by atoms with Crippen molar-refractivity contribution in [2.24, 2.45) is 5.92 Å². The fourth-order valence-corrected chi connectivity index (χ4v) is 9.30. The number of anilines is 1. The molecule has 48 heavy (non-hydrogen) atoms. The van der Waals surface area contributed by atoms with Gasteiger partial charge in [0.1, 0.15) is 17.0 Å². The van der Waals surface area contributed by atoms with Gasteiger partial charge in [-0.1, -0.05) is 37.3 Å². The van der Waals surface area contributed by atoms with Crippen LogP contribution in [0.25, 0.3) is 26.4 Å². The van der Waals surface area contributed by atoms with Crippen LogP contribution in [-0.4, -0.2) is 81.9 Å². The number of benzene rings is 2. The monoisotopic (exact) mass is 696 g/mol. The highest BCUT2D eigenvalue weighted by molar-refractivity contribution is 7.89. The van der Waals surface area contributed by atoms with Crippen LogP contribution in [0.5, 0.6) is 5.75 Å².